The number of allylic oxidation sites excluding steroid dienone is 1. The molecule has 1 saturated carbocycles. The molecule has 2 N–H and O–H groups in total. The van der Waals surface area contributed by atoms with Crippen LogP contribution < -0.4 is 9.46 Å². The van der Waals surface area contributed by atoms with Gasteiger partial charge in [0.25, 0.3) is 0 Å². The molecule has 0 saturated heterocycles. The largest absolute Gasteiger partial charge is 0.489 e. The summed E-state index contributed by atoms with van der Waals surface area (Å²) in [5.74, 6) is -1.38. The smallest absolute Gasteiger partial charge is 0.308 e. The molecule has 2 aliphatic carbocycles. The Labute approximate surface area is 192 Å². The Kier molecular flexibility index (Phi) is 5.42. The Morgan fingerprint density at radius 1 is 1.12 bits per heavy atom. The number of pyridine rings is 1. The van der Waals surface area contributed by atoms with Crippen LogP contribution in [-0.4, -0.2) is 30.5 Å². The number of nitrogens with one attached hydrogen (secondary N) is 1. The van der Waals surface area contributed by atoms with Gasteiger partial charge in [0.15, 0.2) is 0 Å². The summed E-state index contributed by atoms with van der Waals surface area (Å²) in [5.41, 5.74) is 2.80. The Morgan fingerprint density at radius 3 is 2.61 bits per heavy atom. The molecule has 1 aromatic heterocycles. The SMILES string of the molecule is Cc1cc(COc2ccc(S(=O)(=O)NC3C4C=CC(C4)C3C(=O)O)cc2)c2ccccc2n1. The first-order valence-corrected chi connectivity index (χ1v) is 12.3. The highest BCUT2D eigenvalue weighted by Crippen LogP contribution is 2.44. The molecule has 7 nitrogen and oxygen atoms in total. The van der Waals surface area contributed by atoms with E-state index in [1.54, 1.807) is 12.1 Å². The first-order valence-electron chi connectivity index (χ1n) is 10.8. The monoisotopic (exact) mass is 464 g/mol. The van der Waals surface area contributed by atoms with Crippen molar-refractivity contribution in [3.05, 3.63) is 78.0 Å². The predicted octanol–water partition coefficient (Wildman–Crippen LogP) is 3.68. The number of fused-ring (bicyclic) bond motifs is 3. The van der Waals surface area contributed by atoms with E-state index >= 15 is 0 Å². The molecular weight excluding hydrogens is 440 g/mol. The summed E-state index contributed by atoms with van der Waals surface area (Å²) in [6.07, 6.45) is 4.47. The number of carboxylic acid groups (broad SMARTS) is 1. The summed E-state index contributed by atoms with van der Waals surface area (Å²) in [6, 6.07) is 15.4. The normalized spacial score (nSPS) is 23.8. The molecule has 1 heterocycles. The molecule has 1 fully saturated rings. The van der Waals surface area contributed by atoms with E-state index in [0.29, 0.717) is 18.8 Å². The number of nitrogens with zero attached hydrogens (tertiary/aromatic N) is 1. The molecule has 5 rings (SSSR count). The summed E-state index contributed by atoms with van der Waals surface area (Å²) >= 11 is 0. The summed E-state index contributed by atoms with van der Waals surface area (Å²) in [7, 11) is -3.86. The lowest BCUT2D eigenvalue weighted by molar-refractivity contribution is -0.143. The molecule has 2 bridgehead atoms. The lowest BCUT2D eigenvalue weighted by atomic mass is 9.90. The van der Waals surface area contributed by atoms with Gasteiger partial charge in [-0.2, -0.15) is 0 Å². The first-order chi connectivity index (χ1) is 15.8. The maximum absolute atomic E-state index is 12.9. The average Bonchev–Trinajstić information content (AvgIpc) is 3.39. The third kappa shape index (κ3) is 4.12. The molecule has 33 heavy (non-hydrogen) atoms. The number of carboxylic acids is 1. The second kappa shape index (κ2) is 8.28. The van der Waals surface area contributed by atoms with Crippen LogP contribution in [-0.2, 0) is 21.4 Å². The Balaban J connectivity index is 1.30. The highest BCUT2D eigenvalue weighted by Gasteiger charge is 2.49. The minimum atomic E-state index is -3.86. The highest BCUT2D eigenvalue weighted by molar-refractivity contribution is 7.89. The number of carbonyl (C=O) groups is 1. The zero-order chi connectivity index (χ0) is 23.2. The van der Waals surface area contributed by atoms with Crippen LogP contribution in [0.1, 0.15) is 17.7 Å². The van der Waals surface area contributed by atoms with E-state index < -0.39 is 28.0 Å². The predicted molar refractivity (Wildman–Crippen MR) is 123 cm³/mol. The van der Waals surface area contributed by atoms with Gasteiger partial charge in [-0.3, -0.25) is 9.78 Å². The van der Waals surface area contributed by atoms with Crippen molar-refractivity contribution in [2.24, 2.45) is 17.8 Å². The number of aliphatic carboxylic acids is 1. The fraction of sp³-hybridized carbons (Fsp3) is 0.280. The van der Waals surface area contributed by atoms with Gasteiger partial charge < -0.3 is 9.84 Å². The van der Waals surface area contributed by atoms with Crippen molar-refractivity contribution in [2.75, 3.05) is 0 Å². The van der Waals surface area contributed by atoms with Crippen molar-refractivity contribution in [1.29, 1.82) is 0 Å². The van der Waals surface area contributed by atoms with Crippen LogP contribution >= 0.6 is 0 Å². The highest BCUT2D eigenvalue weighted by atomic mass is 32.2. The van der Waals surface area contributed by atoms with Gasteiger partial charge >= 0.3 is 5.97 Å². The van der Waals surface area contributed by atoms with Crippen LogP contribution in [0.5, 0.6) is 5.75 Å². The maximum Gasteiger partial charge on any atom is 0.308 e. The van der Waals surface area contributed by atoms with Crippen LogP contribution in [0.4, 0.5) is 0 Å². The van der Waals surface area contributed by atoms with E-state index in [-0.39, 0.29) is 16.7 Å². The minimum absolute atomic E-state index is 0.0796. The number of sulfonamides is 1. The summed E-state index contributed by atoms with van der Waals surface area (Å²) in [6.45, 7) is 2.26. The molecule has 0 amide bonds. The molecule has 4 unspecified atom stereocenters. The number of hydrogen-bond donors (Lipinski definition) is 2. The number of rotatable bonds is 7. The van der Waals surface area contributed by atoms with Gasteiger partial charge in [0.2, 0.25) is 10.0 Å². The van der Waals surface area contributed by atoms with E-state index in [4.69, 9.17) is 4.74 Å². The fourth-order valence-electron chi connectivity index (χ4n) is 4.96. The lowest BCUT2D eigenvalue weighted by Gasteiger charge is -2.25. The van der Waals surface area contributed by atoms with Crippen molar-refractivity contribution in [3.8, 4) is 5.75 Å². The van der Waals surface area contributed by atoms with E-state index in [2.05, 4.69) is 9.71 Å². The zero-order valence-corrected chi connectivity index (χ0v) is 18.8. The zero-order valence-electron chi connectivity index (χ0n) is 18.0. The van der Waals surface area contributed by atoms with Gasteiger partial charge in [0, 0.05) is 22.7 Å². The van der Waals surface area contributed by atoms with Crippen LogP contribution in [0.15, 0.2) is 71.6 Å². The number of aromatic nitrogens is 1. The van der Waals surface area contributed by atoms with Gasteiger partial charge in [-0.1, -0.05) is 30.4 Å². The van der Waals surface area contributed by atoms with Crippen molar-refractivity contribution in [2.45, 2.75) is 30.9 Å². The van der Waals surface area contributed by atoms with Crippen LogP contribution in [0.3, 0.4) is 0 Å². The molecule has 4 atom stereocenters. The van der Waals surface area contributed by atoms with Crippen molar-refractivity contribution in [3.63, 3.8) is 0 Å². The summed E-state index contributed by atoms with van der Waals surface area (Å²) in [4.78, 5) is 16.3. The summed E-state index contributed by atoms with van der Waals surface area (Å²) in [5, 5.41) is 10.6. The van der Waals surface area contributed by atoms with Crippen LogP contribution in [0.25, 0.3) is 10.9 Å². The maximum atomic E-state index is 12.9. The number of ether oxygens (including phenoxy) is 1. The molecule has 0 radical (unpaired) electrons. The van der Waals surface area contributed by atoms with E-state index in [0.717, 1.165) is 22.2 Å². The first kappa shape index (κ1) is 21.6. The molecule has 8 heteroatoms. The third-order valence-electron chi connectivity index (χ3n) is 6.49. The quantitative estimate of drug-likeness (QED) is 0.517. The van der Waals surface area contributed by atoms with Crippen LogP contribution in [0.2, 0.25) is 0 Å². The molecule has 170 valence electrons. The Hall–Kier alpha value is -3.23. The van der Waals surface area contributed by atoms with Gasteiger partial charge in [0.05, 0.1) is 16.3 Å². The van der Waals surface area contributed by atoms with Crippen molar-refractivity contribution < 1.29 is 23.1 Å². The molecule has 2 aliphatic rings. The van der Waals surface area contributed by atoms with E-state index in [1.807, 2.05) is 49.4 Å². The Morgan fingerprint density at radius 2 is 1.85 bits per heavy atom. The third-order valence-corrected chi connectivity index (χ3v) is 7.97. The van der Waals surface area contributed by atoms with E-state index in [9.17, 15) is 18.3 Å². The lowest BCUT2D eigenvalue weighted by Crippen LogP contribution is -2.45. The van der Waals surface area contributed by atoms with Gasteiger partial charge in [-0.25, -0.2) is 13.1 Å². The van der Waals surface area contributed by atoms with Gasteiger partial charge in [-0.15, -0.1) is 0 Å². The fourth-order valence-corrected chi connectivity index (χ4v) is 6.27. The van der Waals surface area contributed by atoms with Gasteiger partial charge in [-0.05, 0) is 61.6 Å². The molecular formula is C25H24N2O5S. The molecule has 0 aliphatic heterocycles. The van der Waals surface area contributed by atoms with E-state index in [1.165, 1.54) is 12.1 Å². The second-order valence-electron chi connectivity index (χ2n) is 8.66. The van der Waals surface area contributed by atoms with Gasteiger partial charge in [0.1, 0.15) is 12.4 Å². The molecule has 0 spiro atoms. The molecule has 3 aromatic rings. The van der Waals surface area contributed by atoms with Crippen molar-refractivity contribution in [1.82, 2.24) is 9.71 Å². The minimum Gasteiger partial charge on any atom is -0.489 e. The standard InChI is InChI=1S/C25H24N2O5S/c1-15-12-18(21-4-2-3-5-22(21)26-15)14-32-19-8-10-20(11-9-19)33(30,31)27-24-17-7-6-16(13-17)23(24)25(28)29/h2-12,16-17,23-24,27H,13-14H2,1H3,(H,28,29). The van der Waals surface area contributed by atoms with Crippen LogP contribution in [0, 0.1) is 24.7 Å². The second-order valence-corrected chi connectivity index (χ2v) is 10.4. The molecule has 2 aromatic carbocycles. The number of hydrogen-bond acceptors (Lipinski definition) is 5. The topological polar surface area (TPSA) is 106 Å². The average molecular weight is 465 g/mol. The summed E-state index contributed by atoms with van der Waals surface area (Å²) < 4.78 is 34.4. The van der Waals surface area contributed by atoms with Crippen molar-refractivity contribution >= 4 is 26.9 Å². The number of para-hydroxylation sites is 1. The number of aryl methyl sites for hydroxylation is 1. The number of benzene rings is 2. The Bertz CT molecular complexity index is 1350.